The zero-order valence-corrected chi connectivity index (χ0v) is 10.4. The van der Waals surface area contributed by atoms with Crippen LogP contribution in [0.25, 0.3) is 0 Å². The van der Waals surface area contributed by atoms with Crippen molar-refractivity contribution in [2.75, 3.05) is 6.54 Å². The van der Waals surface area contributed by atoms with Crippen molar-refractivity contribution in [3.63, 3.8) is 0 Å². The minimum Gasteiger partial charge on any atom is -0.289 e. The van der Waals surface area contributed by atoms with Crippen LogP contribution in [0.4, 0.5) is 0 Å². The summed E-state index contributed by atoms with van der Waals surface area (Å²) in [5.41, 5.74) is 0.647. The van der Waals surface area contributed by atoms with Crippen LogP contribution < -0.4 is 0 Å². The second-order valence-corrected chi connectivity index (χ2v) is 4.50. The Morgan fingerprint density at radius 1 is 1.53 bits per heavy atom. The van der Waals surface area contributed by atoms with E-state index < -0.39 is 0 Å². The summed E-state index contributed by atoms with van der Waals surface area (Å²) in [5, 5.41) is 13.4. The molecule has 1 aromatic rings. The van der Waals surface area contributed by atoms with Crippen LogP contribution in [-0.2, 0) is 0 Å². The molecule has 0 aromatic carbocycles. The molecule has 0 aliphatic carbocycles. The number of aromatic nitrogens is 1. The molecule has 0 radical (unpaired) electrons. The van der Waals surface area contributed by atoms with Crippen LogP contribution in [0.1, 0.15) is 24.8 Å². The monoisotopic (exact) mass is 250 g/mol. The number of aliphatic imine (C=N–C) groups is 2. The highest BCUT2D eigenvalue weighted by atomic mass is 32.1. The molecular formula is C11H14N4OS. The lowest BCUT2D eigenvalue weighted by atomic mass is 10.3. The Kier molecular flexibility index (Phi) is 4.00. The van der Waals surface area contributed by atoms with E-state index in [1.54, 1.807) is 18.6 Å². The average Bonchev–Trinajstić information content (AvgIpc) is 2.95. The summed E-state index contributed by atoms with van der Waals surface area (Å²) in [5.74, 6) is 0.607. The predicted octanol–water partition coefficient (Wildman–Crippen LogP) is 2.31. The molecule has 0 unspecified atom stereocenters. The van der Waals surface area contributed by atoms with E-state index in [1.807, 2.05) is 5.38 Å². The number of unbranched alkanes of at least 4 members (excludes halogenated alkanes) is 1. The van der Waals surface area contributed by atoms with Crippen molar-refractivity contribution in [2.45, 2.75) is 19.8 Å². The molecule has 1 aliphatic heterocycles. The first kappa shape index (κ1) is 11.9. The quantitative estimate of drug-likeness (QED) is 0.816. The van der Waals surface area contributed by atoms with Crippen LogP contribution in [0, 0.1) is 0 Å². The standard InChI is InChI=1S/C11H14N4OS/c1-2-3-5-15(16)8-9-7-13-10(14-9)11-12-4-6-17-11/h4,6-8,16H,2-3,5H2,1H3/b9-8+. The van der Waals surface area contributed by atoms with E-state index in [9.17, 15) is 5.21 Å². The highest BCUT2D eigenvalue weighted by molar-refractivity contribution is 7.11. The van der Waals surface area contributed by atoms with Gasteiger partial charge in [-0.05, 0) is 6.42 Å². The van der Waals surface area contributed by atoms with Crippen LogP contribution in [0.15, 0.2) is 33.5 Å². The van der Waals surface area contributed by atoms with Crippen molar-refractivity contribution in [1.82, 2.24) is 10.0 Å². The smallest absolute Gasteiger partial charge is 0.189 e. The van der Waals surface area contributed by atoms with E-state index in [2.05, 4.69) is 21.9 Å². The zero-order valence-electron chi connectivity index (χ0n) is 9.58. The number of thiazole rings is 1. The number of amidine groups is 1. The van der Waals surface area contributed by atoms with Crippen LogP contribution in [0.2, 0.25) is 0 Å². The minimum absolute atomic E-state index is 0.607. The first-order chi connectivity index (χ1) is 8.29. The first-order valence-corrected chi connectivity index (χ1v) is 6.37. The maximum absolute atomic E-state index is 9.57. The number of hydrogen-bond donors (Lipinski definition) is 1. The Bertz CT molecular complexity index is 450. The molecule has 2 heterocycles. The van der Waals surface area contributed by atoms with Gasteiger partial charge in [0.15, 0.2) is 10.8 Å². The number of hydroxylamine groups is 2. The molecule has 0 amide bonds. The SMILES string of the molecule is CCCCN(O)/C=C1\C=NC(c2nccs2)=N1. The third-order valence-electron chi connectivity index (χ3n) is 2.20. The zero-order chi connectivity index (χ0) is 12.1. The third-order valence-corrected chi connectivity index (χ3v) is 2.97. The molecule has 17 heavy (non-hydrogen) atoms. The van der Waals surface area contributed by atoms with Gasteiger partial charge in [-0.15, -0.1) is 11.3 Å². The normalized spacial score (nSPS) is 16.6. The fraction of sp³-hybridized carbons (Fsp3) is 0.364. The van der Waals surface area contributed by atoms with Gasteiger partial charge in [0.25, 0.3) is 0 Å². The lowest BCUT2D eigenvalue weighted by Gasteiger charge is -2.10. The van der Waals surface area contributed by atoms with E-state index in [0.29, 0.717) is 18.1 Å². The van der Waals surface area contributed by atoms with Gasteiger partial charge in [-0.2, -0.15) is 0 Å². The van der Waals surface area contributed by atoms with Gasteiger partial charge in [-0.3, -0.25) is 10.3 Å². The Balaban J connectivity index is 2.01. The number of nitrogens with zero attached hydrogens (tertiary/aromatic N) is 4. The summed E-state index contributed by atoms with van der Waals surface area (Å²) in [4.78, 5) is 12.6. The minimum atomic E-state index is 0.607. The van der Waals surface area contributed by atoms with Crippen molar-refractivity contribution in [3.8, 4) is 0 Å². The van der Waals surface area contributed by atoms with Crippen LogP contribution in [0.5, 0.6) is 0 Å². The summed E-state index contributed by atoms with van der Waals surface area (Å²) in [7, 11) is 0. The largest absolute Gasteiger partial charge is 0.289 e. The van der Waals surface area contributed by atoms with Crippen LogP contribution in [-0.4, -0.2) is 33.8 Å². The summed E-state index contributed by atoms with van der Waals surface area (Å²) in [6, 6.07) is 0. The Labute approximate surface area is 104 Å². The highest BCUT2D eigenvalue weighted by Gasteiger charge is 2.11. The molecule has 0 atom stereocenters. The lowest BCUT2D eigenvalue weighted by Crippen LogP contribution is -2.13. The molecule has 1 N–H and O–H groups in total. The number of allylic oxidation sites excluding steroid dienone is 1. The number of hydrogen-bond acceptors (Lipinski definition) is 6. The molecule has 0 spiro atoms. The summed E-state index contributed by atoms with van der Waals surface area (Å²) < 4.78 is 0. The molecule has 0 bridgehead atoms. The van der Waals surface area contributed by atoms with Crippen molar-refractivity contribution >= 4 is 23.4 Å². The molecule has 0 fully saturated rings. The van der Waals surface area contributed by atoms with Gasteiger partial charge in [0.1, 0.15) is 5.70 Å². The van der Waals surface area contributed by atoms with Crippen LogP contribution >= 0.6 is 11.3 Å². The number of rotatable bonds is 5. The predicted molar refractivity (Wildman–Crippen MR) is 68.6 cm³/mol. The van der Waals surface area contributed by atoms with Crippen molar-refractivity contribution < 1.29 is 5.21 Å². The molecule has 2 rings (SSSR count). The second-order valence-electron chi connectivity index (χ2n) is 3.60. The van der Waals surface area contributed by atoms with Gasteiger partial charge >= 0.3 is 0 Å². The van der Waals surface area contributed by atoms with Crippen molar-refractivity contribution in [2.24, 2.45) is 9.98 Å². The molecule has 1 aromatic heterocycles. The molecule has 0 saturated carbocycles. The summed E-state index contributed by atoms with van der Waals surface area (Å²) in [6.07, 6.45) is 6.92. The maximum Gasteiger partial charge on any atom is 0.189 e. The highest BCUT2D eigenvalue weighted by Crippen LogP contribution is 2.13. The van der Waals surface area contributed by atoms with Gasteiger partial charge in [-0.1, -0.05) is 13.3 Å². The molecule has 1 aliphatic rings. The molecule has 90 valence electrons. The second kappa shape index (κ2) is 5.70. The fourth-order valence-corrected chi connectivity index (χ4v) is 1.92. The maximum atomic E-state index is 9.57. The van der Waals surface area contributed by atoms with Gasteiger partial charge < -0.3 is 0 Å². The topological polar surface area (TPSA) is 61.1 Å². The Morgan fingerprint density at radius 3 is 3.12 bits per heavy atom. The first-order valence-electron chi connectivity index (χ1n) is 5.49. The van der Waals surface area contributed by atoms with E-state index in [1.165, 1.54) is 11.3 Å². The molecule has 6 heteroatoms. The fourth-order valence-electron chi connectivity index (χ4n) is 1.34. The van der Waals surface area contributed by atoms with Gasteiger partial charge in [0.05, 0.1) is 12.4 Å². The third kappa shape index (κ3) is 3.21. The van der Waals surface area contributed by atoms with E-state index >= 15 is 0 Å². The molecular weight excluding hydrogens is 236 g/mol. The van der Waals surface area contributed by atoms with Gasteiger partial charge in [-0.25, -0.2) is 15.0 Å². The Hall–Kier alpha value is -1.53. The average molecular weight is 250 g/mol. The van der Waals surface area contributed by atoms with Gasteiger partial charge in [0, 0.05) is 18.1 Å². The van der Waals surface area contributed by atoms with Crippen LogP contribution in [0.3, 0.4) is 0 Å². The van der Waals surface area contributed by atoms with Crippen molar-refractivity contribution in [3.05, 3.63) is 28.5 Å². The van der Waals surface area contributed by atoms with E-state index in [4.69, 9.17) is 0 Å². The lowest BCUT2D eigenvalue weighted by molar-refractivity contribution is -0.0419. The Morgan fingerprint density at radius 2 is 2.41 bits per heavy atom. The molecule has 5 nitrogen and oxygen atoms in total. The van der Waals surface area contributed by atoms with E-state index in [-0.39, 0.29) is 0 Å². The van der Waals surface area contributed by atoms with Gasteiger partial charge in [0.2, 0.25) is 0 Å². The summed E-state index contributed by atoms with van der Waals surface area (Å²) in [6.45, 7) is 2.69. The van der Waals surface area contributed by atoms with Crippen molar-refractivity contribution in [1.29, 1.82) is 0 Å². The molecule has 0 saturated heterocycles. The van der Waals surface area contributed by atoms with E-state index in [0.717, 1.165) is 22.9 Å². The summed E-state index contributed by atoms with van der Waals surface area (Å²) >= 11 is 1.50.